The number of nitrogens with one attached hydrogen (secondary N) is 1. The van der Waals surface area contributed by atoms with E-state index in [1.807, 2.05) is 6.07 Å². The van der Waals surface area contributed by atoms with E-state index in [0.29, 0.717) is 22.8 Å². The van der Waals surface area contributed by atoms with Gasteiger partial charge in [0.05, 0.1) is 11.9 Å². The molecule has 3 rings (SSSR count). The van der Waals surface area contributed by atoms with E-state index in [2.05, 4.69) is 15.3 Å². The molecule has 0 saturated heterocycles. The van der Waals surface area contributed by atoms with Gasteiger partial charge in [0.2, 0.25) is 0 Å². The highest BCUT2D eigenvalue weighted by molar-refractivity contribution is 5.65. The van der Waals surface area contributed by atoms with Gasteiger partial charge < -0.3 is 5.32 Å². The summed E-state index contributed by atoms with van der Waals surface area (Å²) >= 11 is 0. The van der Waals surface area contributed by atoms with Gasteiger partial charge in [-0.2, -0.15) is 5.26 Å². The average Bonchev–Trinajstić information content (AvgIpc) is 2.59. The molecule has 0 aliphatic carbocycles. The molecule has 0 saturated carbocycles. The molecule has 0 aliphatic rings. The van der Waals surface area contributed by atoms with Gasteiger partial charge in [-0.05, 0) is 30.3 Å². The zero-order valence-corrected chi connectivity index (χ0v) is 11.8. The van der Waals surface area contributed by atoms with E-state index in [0.717, 1.165) is 6.07 Å². The van der Waals surface area contributed by atoms with Gasteiger partial charge in [-0.1, -0.05) is 12.1 Å². The molecular formula is C17H10F2N4. The zero-order chi connectivity index (χ0) is 16.2. The zero-order valence-electron chi connectivity index (χ0n) is 11.8. The van der Waals surface area contributed by atoms with Crippen LogP contribution in [0.1, 0.15) is 5.69 Å². The fourth-order valence-corrected chi connectivity index (χ4v) is 2.04. The summed E-state index contributed by atoms with van der Waals surface area (Å²) in [6.07, 6.45) is 2.97. The summed E-state index contributed by atoms with van der Waals surface area (Å²) in [6.45, 7) is 0. The van der Waals surface area contributed by atoms with Gasteiger partial charge in [0.1, 0.15) is 17.6 Å². The van der Waals surface area contributed by atoms with E-state index in [1.165, 1.54) is 24.5 Å². The van der Waals surface area contributed by atoms with Crippen LogP contribution < -0.4 is 5.32 Å². The first-order chi connectivity index (χ1) is 11.2. The molecular weight excluding hydrogens is 298 g/mol. The Hall–Kier alpha value is -3.33. The molecule has 112 valence electrons. The normalized spacial score (nSPS) is 10.1. The molecule has 2 aromatic heterocycles. The van der Waals surface area contributed by atoms with Crippen molar-refractivity contribution in [2.75, 3.05) is 5.32 Å². The first-order valence-corrected chi connectivity index (χ1v) is 6.71. The molecule has 4 nitrogen and oxygen atoms in total. The summed E-state index contributed by atoms with van der Waals surface area (Å²) in [5.41, 5.74) is 1.62. The highest BCUT2D eigenvalue weighted by Gasteiger charge is 2.10. The lowest BCUT2D eigenvalue weighted by Crippen LogP contribution is -1.95. The number of nitriles is 1. The molecule has 0 atom stereocenters. The van der Waals surface area contributed by atoms with Crippen LogP contribution in [0, 0.1) is 23.0 Å². The molecule has 3 aromatic rings. The van der Waals surface area contributed by atoms with Crippen LogP contribution in [-0.4, -0.2) is 9.97 Å². The highest BCUT2D eigenvalue weighted by atomic mass is 19.2. The van der Waals surface area contributed by atoms with Gasteiger partial charge in [0.25, 0.3) is 0 Å². The maximum atomic E-state index is 13.8. The van der Waals surface area contributed by atoms with E-state index in [4.69, 9.17) is 5.26 Å². The van der Waals surface area contributed by atoms with Crippen molar-refractivity contribution in [1.29, 1.82) is 5.26 Å². The van der Waals surface area contributed by atoms with Gasteiger partial charge in [-0.3, -0.25) is 0 Å². The number of anilines is 2. The van der Waals surface area contributed by atoms with Crippen LogP contribution in [-0.2, 0) is 0 Å². The van der Waals surface area contributed by atoms with E-state index in [1.54, 1.807) is 24.3 Å². The lowest BCUT2D eigenvalue weighted by molar-refractivity contribution is 0.511. The lowest BCUT2D eigenvalue weighted by Gasteiger charge is -2.07. The second-order valence-electron chi connectivity index (χ2n) is 4.70. The fourth-order valence-electron chi connectivity index (χ4n) is 2.04. The summed E-state index contributed by atoms with van der Waals surface area (Å²) in [5, 5.41) is 11.7. The SMILES string of the molecule is N#Cc1ccc(Nc2ccc(-c3cccc(F)c3F)cn2)cn1. The summed E-state index contributed by atoms with van der Waals surface area (Å²) in [5.74, 6) is -1.27. The van der Waals surface area contributed by atoms with E-state index in [-0.39, 0.29) is 5.56 Å². The van der Waals surface area contributed by atoms with Crippen molar-refractivity contribution in [3.8, 4) is 17.2 Å². The van der Waals surface area contributed by atoms with Crippen LogP contribution in [0.3, 0.4) is 0 Å². The Bertz CT molecular complexity index is 869. The van der Waals surface area contributed by atoms with E-state index >= 15 is 0 Å². The van der Waals surface area contributed by atoms with Crippen LogP contribution in [0.5, 0.6) is 0 Å². The molecule has 0 unspecified atom stereocenters. The Morgan fingerprint density at radius 3 is 2.48 bits per heavy atom. The maximum Gasteiger partial charge on any atom is 0.166 e. The second-order valence-corrected chi connectivity index (χ2v) is 4.70. The van der Waals surface area contributed by atoms with E-state index in [9.17, 15) is 8.78 Å². The summed E-state index contributed by atoms with van der Waals surface area (Å²) in [6, 6.07) is 12.5. The summed E-state index contributed by atoms with van der Waals surface area (Å²) in [4.78, 5) is 8.11. The van der Waals surface area contributed by atoms with Crippen molar-refractivity contribution in [3.63, 3.8) is 0 Å². The van der Waals surface area contributed by atoms with Crippen LogP contribution in [0.4, 0.5) is 20.3 Å². The smallest absolute Gasteiger partial charge is 0.166 e. The summed E-state index contributed by atoms with van der Waals surface area (Å²) < 4.78 is 27.0. The monoisotopic (exact) mass is 308 g/mol. The van der Waals surface area contributed by atoms with Crippen LogP contribution >= 0.6 is 0 Å². The van der Waals surface area contributed by atoms with Crippen molar-refractivity contribution in [3.05, 3.63) is 72.2 Å². The minimum Gasteiger partial charge on any atom is -0.339 e. The van der Waals surface area contributed by atoms with Crippen molar-refractivity contribution in [2.24, 2.45) is 0 Å². The van der Waals surface area contributed by atoms with Crippen molar-refractivity contribution >= 4 is 11.5 Å². The molecule has 0 amide bonds. The molecule has 6 heteroatoms. The first kappa shape index (κ1) is 14.6. The molecule has 1 aromatic carbocycles. The minimum atomic E-state index is -0.897. The molecule has 1 N–H and O–H groups in total. The van der Waals surface area contributed by atoms with Gasteiger partial charge in [-0.25, -0.2) is 18.7 Å². The Labute approximate surface area is 131 Å². The summed E-state index contributed by atoms with van der Waals surface area (Å²) in [7, 11) is 0. The molecule has 0 spiro atoms. The minimum absolute atomic E-state index is 0.157. The largest absolute Gasteiger partial charge is 0.339 e. The third-order valence-electron chi connectivity index (χ3n) is 3.18. The van der Waals surface area contributed by atoms with Crippen LogP contribution in [0.15, 0.2) is 54.9 Å². The Kier molecular flexibility index (Phi) is 3.93. The standard InChI is InChI=1S/C17H10F2N4/c18-15-3-1-2-14(17(15)19)11-4-7-16(22-9-11)23-13-6-5-12(8-20)21-10-13/h1-7,9-10H,(H,22,23). The number of hydrogen-bond donors (Lipinski definition) is 1. The fraction of sp³-hybridized carbons (Fsp3) is 0. The van der Waals surface area contributed by atoms with Gasteiger partial charge in [-0.15, -0.1) is 0 Å². The van der Waals surface area contributed by atoms with Crippen LogP contribution in [0.2, 0.25) is 0 Å². The van der Waals surface area contributed by atoms with Crippen LogP contribution in [0.25, 0.3) is 11.1 Å². The van der Waals surface area contributed by atoms with Crippen molar-refractivity contribution in [1.82, 2.24) is 9.97 Å². The number of pyridine rings is 2. The highest BCUT2D eigenvalue weighted by Crippen LogP contribution is 2.25. The van der Waals surface area contributed by atoms with Gasteiger partial charge in [0.15, 0.2) is 11.6 Å². The Morgan fingerprint density at radius 2 is 1.83 bits per heavy atom. The molecule has 0 fully saturated rings. The number of hydrogen-bond acceptors (Lipinski definition) is 4. The quantitative estimate of drug-likeness (QED) is 0.793. The second kappa shape index (κ2) is 6.20. The molecule has 0 aliphatic heterocycles. The maximum absolute atomic E-state index is 13.8. The first-order valence-electron chi connectivity index (χ1n) is 6.71. The number of rotatable bonds is 3. The van der Waals surface area contributed by atoms with Crippen molar-refractivity contribution < 1.29 is 8.78 Å². The Morgan fingerprint density at radius 1 is 0.957 bits per heavy atom. The number of aromatic nitrogens is 2. The van der Waals surface area contributed by atoms with E-state index < -0.39 is 11.6 Å². The molecule has 0 bridgehead atoms. The predicted molar refractivity (Wildman–Crippen MR) is 81.8 cm³/mol. The number of halogens is 2. The average molecular weight is 308 g/mol. The third-order valence-corrected chi connectivity index (χ3v) is 3.18. The lowest BCUT2D eigenvalue weighted by atomic mass is 10.1. The molecule has 2 heterocycles. The third kappa shape index (κ3) is 3.14. The number of nitrogens with zero attached hydrogens (tertiary/aromatic N) is 3. The molecule has 0 radical (unpaired) electrons. The van der Waals surface area contributed by atoms with Gasteiger partial charge in [0, 0.05) is 17.3 Å². The van der Waals surface area contributed by atoms with Gasteiger partial charge >= 0.3 is 0 Å². The topological polar surface area (TPSA) is 61.6 Å². The van der Waals surface area contributed by atoms with Crippen molar-refractivity contribution in [2.45, 2.75) is 0 Å². The predicted octanol–water partition coefficient (Wildman–Crippen LogP) is 4.04. The Balaban J connectivity index is 1.81. The number of benzene rings is 1. The molecule has 23 heavy (non-hydrogen) atoms.